The summed E-state index contributed by atoms with van der Waals surface area (Å²) in [5.74, 6) is 0. The van der Waals surface area contributed by atoms with E-state index in [0.717, 1.165) is 24.2 Å². The lowest BCUT2D eigenvalue weighted by molar-refractivity contribution is 0.151. The average Bonchev–Trinajstić information content (AvgIpc) is 2.86. The van der Waals surface area contributed by atoms with E-state index in [0.29, 0.717) is 6.54 Å². The molecule has 4 nitrogen and oxygen atoms in total. The molecule has 1 aliphatic heterocycles. The minimum Gasteiger partial charge on any atom is -0.374 e. The van der Waals surface area contributed by atoms with Crippen LogP contribution in [0.4, 0.5) is 5.69 Å². The second-order valence-corrected chi connectivity index (χ2v) is 4.34. The molecule has 0 aliphatic carbocycles. The van der Waals surface area contributed by atoms with Crippen molar-refractivity contribution >= 4 is 5.69 Å². The number of aliphatic hydroxyl groups is 1. The number of hydrogen-bond acceptors (Lipinski definition) is 3. The average molecular weight is 229 g/mol. The summed E-state index contributed by atoms with van der Waals surface area (Å²) in [5, 5.41) is 10.1. The maximum Gasteiger partial charge on any atom is 0.127 e. The number of rotatable bonds is 2. The van der Waals surface area contributed by atoms with Crippen molar-refractivity contribution in [2.45, 2.75) is 25.6 Å². The van der Waals surface area contributed by atoms with Crippen LogP contribution < -0.4 is 4.90 Å². The molecule has 0 fully saturated rings. The molecule has 1 aromatic carbocycles. The van der Waals surface area contributed by atoms with E-state index in [4.69, 9.17) is 0 Å². The van der Waals surface area contributed by atoms with Crippen LogP contribution in [-0.4, -0.2) is 21.3 Å². The lowest BCUT2D eigenvalue weighted by Gasteiger charge is -2.35. The van der Waals surface area contributed by atoms with E-state index in [9.17, 15) is 5.11 Å². The van der Waals surface area contributed by atoms with Crippen molar-refractivity contribution in [1.82, 2.24) is 9.97 Å². The van der Waals surface area contributed by atoms with Crippen LogP contribution in [0.15, 0.2) is 36.8 Å². The van der Waals surface area contributed by atoms with Crippen LogP contribution in [0.25, 0.3) is 0 Å². The number of hydrogen-bond donors (Lipinski definition) is 2. The molecule has 1 aliphatic rings. The lowest BCUT2D eigenvalue weighted by Crippen LogP contribution is -2.38. The van der Waals surface area contributed by atoms with Gasteiger partial charge >= 0.3 is 0 Å². The van der Waals surface area contributed by atoms with Gasteiger partial charge in [0.25, 0.3) is 0 Å². The molecule has 1 aromatic heterocycles. The third-order valence-electron chi connectivity index (χ3n) is 3.22. The Kier molecular flexibility index (Phi) is 2.57. The van der Waals surface area contributed by atoms with Gasteiger partial charge in [0.15, 0.2) is 0 Å². The Balaban J connectivity index is 1.92. The molecular weight excluding hydrogens is 214 g/mol. The molecule has 0 amide bonds. The van der Waals surface area contributed by atoms with E-state index < -0.39 is 6.23 Å². The van der Waals surface area contributed by atoms with E-state index in [1.807, 2.05) is 23.2 Å². The molecular formula is C13H15N3O. The molecule has 2 heterocycles. The molecule has 0 radical (unpaired) electrons. The highest BCUT2D eigenvalue weighted by Crippen LogP contribution is 2.30. The van der Waals surface area contributed by atoms with Gasteiger partial charge in [-0.15, -0.1) is 0 Å². The molecule has 88 valence electrons. The summed E-state index contributed by atoms with van der Waals surface area (Å²) in [6, 6.07) is 8.24. The van der Waals surface area contributed by atoms with E-state index in [2.05, 4.69) is 22.1 Å². The first-order valence-electron chi connectivity index (χ1n) is 5.85. The number of para-hydroxylation sites is 1. The predicted octanol–water partition coefficient (Wildman–Crippen LogP) is 1.68. The van der Waals surface area contributed by atoms with Gasteiger partial charge in [0.2, 0.25) is 0 Å². The molecule has 3 rings (SSSR count). The Labute approximate surface area is 99.9 Å². The number of aryl methyl sites for hydroxylation is 1. The Morgan fingerprint density at radius 1 is 1.41 bits per heavy atom. The summed E-state index contributed by atoms with van der Waals surface area (Å²) in [6.45, 7) is 0.641. The quantitative estimate of drug-likeness (QED) is 0.823. The Bertz CT molecular complexity index is 495. The summed E-state index contributed by atoms with van der Waals surface area (Å²) >= 11 is 0. The number of anilines is 1. The first-order valence-corrected chi connectivity index (χ1v) is 5.85. The molecule has 0 spiro atoms. The van der Waals surface area contributed by atoms with Crippen LogP contribution in [0.2, 0.25) is 0 Å². The molecule has 2 N–H and O–H groups in total. The molecule has 4 heteroatoms. The normalized spacial score (nSPS) is 19.1. The summed E-state index contributed by atoms with van der Waals surface area (Å²) in [4.78, 5) is 9.16. The maximum absolute atomic E-state index is 10.1. The van der Waals surface area contributed by atoms with Crippen molar-refractivity contribution in [3.05, 3.63) is 48.0 Å². The topological polar surface area (TPSA) is 52.1 Å². The van der Waals surface area contributed by atoms with Gasteiger partial charge in [-0.2, -0.15) is 0 Å². The first-order chi connectivity index (χ1) is 8.34. The van der Waals surface area contributed by atoms with Gasteiger partial charge in [0, 0.05) is 11.9 Å². The van der Waals surface area contributed by atoms with Gasteiger partial charge in [-0.05, 0) is 24.5 Å². The standard InChI is InChI=1S/C13H15N3O/c17-13-6-5-10-3-1-2-4-12(10)16(13)8-11-7-14-9-15-11/h1-4,7,9,13,17H,5-6,8H2,(H,14,15). The number of aromatic amines is 1. The van der Waals surface area contributed by atoms with E-state index in [-0.39, 0.29) is 0 Å². The lowest BCUT2D eigenvalue weighted by atomic mass is 10.0. The zero-order valence-corrected chi connectivity index (χ0v) is 9.50. The van der Waals surface area contributed by atoms with Gasteiger partial charge in [0.1, 0.15) is 6.23 Å². The highest BCUT2D eigenvalue weighted by atomic mass is 16.3. The molecule has 0 saturated carbocycles. The second-order valence-electron chi connectivity index (χ2n) is 4.34. The smallest absolute Gasteiger partial charge is 0.127 e. The summed E-state index contributed by atoms with van der Waals surface area (Å²) in [7, 11) is 0. The second kappa shape index (κ2) is 4.22. The van der Waals surface area contributed by atoms with Gasteiger partial charge in [-0.3, -0.25) is 0 Å². The van der Waals surface area contributed by atoms with Crippen LogP contribution >= 0.6 is 0 Å². The van der Waals surface area contributed by atoms with Gasteiger partial charge in [-0.1, -0.05) is 18.2 Å². The van der Waals surface area contributed by atoms with Crippen LogP contribution in [0, 0.1) is 0 Å². The molecule has 1 unspecified atom stereocenters. The van der Waals surface area contributed by atoms with Crippen LogP contribution in [0.3, 0.4) is 0 Å². The summed E-state index contributed by atoms with van der Waals surface area (Å²) < 4.78 is 0. The zero-order chi connectivity index (χ0) is 11.7. The molecule has 0 bridgehead atoms. The summed E-state index contributed by atoms with van der Waals surface area (Å²) in [6.07, 6.45) is 4.83. The SMILES string of the molecule is OC1CCc2ccccc2N1Cc1c[nH]cn1. The van der Waals surface area contributed by atoms with Crippen LogP contribution in [0.1, 0.15) is 17.7 Å². The van der Waals surface area contributed by atoms with Gasteiger partial charge in [-0.25, -0.2) is 4.98 Å². The van der Waals surface area contributed by atoms with Crippen molar-refractivity contribution in [2.75, 3.05) is 4.90 Å². The molecule has 17 heavy (non-hydrogen) atoms. The number of H-pyrrole nitrogens is 1. The first kappa shape index (κ1) is 10.4. The molecule has 1 atom stereocenters. The van der Waals surface area contributed by atoms with Crippen LogP contribution in [0.5, 0.6) is 0 Å². The highest BCUT2D eigenvalue weighted by Gasteiger charge is 2.24. The third kappa shape index (κ3) is 1.91. The van der Waals surface area contributed by atoms with Crippen molar-refractivity contribution < 1.29 is 5.11 Å². The Morgan fingerprint density at radius 2 is 2.29 bits per heavy atom. The maximum atomic E-state index is 10.1. The van der Waals surface area contributed by atoms with Crippen molar-refractivity contribution in [3.8, 4) is 0 Å². The Hall–Kier alpha value is -1.81. The predicted molar refractivity (Wildman–Crippen MR) is 65.5 cm³/mol. The van der Waals surface area contributed by atoms with Crippen molar-refractivity contribution in [1.29, 1.82) is 0 Å². The van der Waals surface area contributed by atoms with Gasteiger partial charge in [0.05, 0.1) is 18.6 Å². The fourth-order valence-electron chi connectivity index (χ4n) is 2.35. The summed E-state index contributed by atoms with van der Waals surface area (Å²) in [5.41, 5.74) is 3.36. The number of fused-ring (bicyclic) bond motifs is 1. The number of aliphatic hydroxyl groups excluding tert-OH is 1. The number of imidazole rings is 1. The number of nitrogens with zero attached hydrogens (tertiary/aromatic N) is 2. The highest BCUT2D eigenvalue weighted by molar-refractivity contribution is 5.56. The molecule has 0 saturated heterocycles. The van der Waals surface area contributed by atoms with E-state index in [1.54, 1.807) is 6.33 Å². The minimum atomic E-state index is -0.415. The number of aromatic nitrogens is 2. The zero-order valence-electron chi connectivity index (χ0n) is 9.50. The van der Waals surface area contributed by atoms with E-state index >= 15 is 0 Å². The number of benzene rings is 1. The minimum absolute atomic E-state index is 0.415. The Morgan fingerprint density at radius 3 is 3.12 bits per heavy atom. The third-order valence-corrected chi connectivity index (χ3v) is 3.22. The van der Waals surface area contributed by atoms with Gasteiger partial charge < -0.3 is 15.0 Å². The monoisotopic (exact) mass is 229 g/mol. The fourth-order valence-corrected chi connectivity index (χ4v) is 2.35. The fraction of sp³-hybridized carbons (Fsp3) is 0.308. The van der Waals surface area contributed by atoms with Crippen molar-refractivity contribution in [3.63, 3.8) is 0 Å². The molecule has 2 aromatic rings. The van der Waals surface area contributed by atoms with E-state index in [1.165, 1.54) is 5.56 Å². The van der Waals surface area contributed by atoms with Crippen molar-refractivity contribution in [2.24, 2.45) is 0 Å². The largest absolute Gasteiger partial charge is 0.374 e. The number of nitrogens with one attached hydrogen (secondary N) is 1. The van der Waals surface area contributed by atoms with Crippen LogP contribution in [-0.2, 0) is 13.0 Å².